The molecule has 210 valence electrons. The number of thiophene rings is 1. The maximum atomic E-state index is 13.2. The largest absolute Gasteiger partial charge is 0.331 e. The van der Waals surface area contributed by atoms with E-state index in [1.807, 2.05) is 0 Å². The highest BCUT2D eigenvalue weighted by Gasteiger charge is 2.31. The van der Waals surface area contributed by atoms with E-state index in [2.05, 4.69) is 29.4 Å². The number of carbonyl (C=O) groups excluding carboxylic acids is 3. The van der Waals surface area contributed by atoms with Crippen molar-refractivity contribution in [2.75, 3.05) is 39.0 Å². The minimum Gasteiger partial charge on any atom is -0.331 e. The quantitative estimate of drug-likeness (QED) is 0.318. The minimum atomic E-state index is -3.97. The Hall–Kier alpha value is -3.46. The van der Waals surface area contributed by atoms with Crippen molar-refractivity contribution in [3.63, 3.8) is 0 Å². The van der Waals surface area contributed by atoms with E-state index in [1.165, 1.54) is 54.6 Å². The molecule has 1 aromatic heterocycles. The van der Waals surface area contributed by atoms with Gasteiger partial charge in [-0.15, -0.1) is 11.3 Å². The van der Waals surface area contributed by atoms with Crippen LogP contribution >= 0.6 is 11.3 Å². The number of anilines is 1. The lowest BCUT2D eigenvalue weighted by Crippen LogP contribution is -2.40. The van der Waals surface area contributed by atoms with E-state index in [1.54, 1.807) is 0 Å². The van der Waals surface area contributed by atoms with Gasteiger partial charge in [0, 0.05) is 69.2 Å². The van der Waals surface area contributed by atoms with E-state index >= 15 is 0 Å². The molecule has 2 aromatic rings. The van der Waals surface area contributed by atoms with Gasteiger partial charge in [0.05, 0.1) is 10.5 Å². The van der Waals surface area contributed by atoms with Crippen molar-refractivity contribution in [3.05, 3.63) is 45.8 Å². The zero-order chi connectivity index (χ0) is 28.9. The van der Waals surface area contributed by atoms with Gasteiger partial charge in [-0.25, -0.2) is 13.2 Å². The summed E-state index contributed by atoms with van der Waals surface area (Å²) in [5.74, 6) is -1.14. The molecule has 0 unspecified atom stereocenters. The third-order valence-electron chi connectivity index (χ3n) is 6.24. The molecule has 4 N–H and O–H groups in total. The second kappa shape index (κ2) is 12.6. The third kappa shape index (κ3) is 6.76. The molecular weight excluding hydrogens is 542 g/mol. The van der Waals surface area contributed by atoms with Crippen LogP contribution < -0.4 is 10.6 Å². The lowest BCUT2D eigenvalue weighted by molar-refractivity contribution is 0.0956. The molecule has 1 aliphatic rings. The summed E-state index contributed by atoms with van der Waals surface area (Å²) in [5, 5.41) is 19.9. The van der Waals surface area contributed by atoms with Gasteiger partial charge in [-0.05, 0) is 50.1 Å². The first-order chi connectivity index (χ1) is 18.4. The van der Waals surface area contributed by atoms with Crippen LogP contribution in [0.4, 0.5) is 9.80 Å². The average Bonchev–Trinajstić information content (AvgIpc) is 3.25. The number of nitrogens with zero attached hydrogens (tertiary/aromatic N) is 3. The number of amides is 4. The number of imide groups is 1. The Morgan fingerprint density at radius 1 is 1.08 bits per heavy atom. The van der Waals surface area contributed by atoms with Crippen LogP contribution in [0.2, 0.25) is 0 Å². The summed E-state index contributed by atoms with van der Waals surface area (Å²) in [4.78, 5) is 42.9. The van der Waals surface area contributed by atoms with Crippen LogP contribution in [0.3, 0.4) is 0 Å². The summed E-state index contributed by atoms with van der Waals surface area (Å²) in [5.41, 5.74) is 1.23. The van der Waals surface area contributed by atoms with E-state index in [-0.39, 0.29) is 29.1 Å². The first-order valence-corrected chi connectivity index (χ1v) is 14.5. The summed E-state index contributed by atoms with van der Waals surface area (Å²) in [7, 11) is -0.926. The molecule has 39 heavy (non-hydrogen) atoms. The molecule has 0 aliphatic carbocycles. The fraction of sp³-hybridized carbons (Fsp3) is 0.400. The van der Waals surface area contributed by atoms with Crippen molar-refractivity contribution in [1.29, 1.82) is 10.8 Å². The zero-order valence-corrected chi connectivity index (χ0v) is 23.9. The molecule has 0 saturated carbocycles. The molecule has 12 nitrogen and oxygen atoms in total. The van der Waals surface area contributed by atoms with Crippen LogP contribution in [0.1, 0.15) is 45.0 Å². The first kappa shape index (κ1) is 30.1. The van der Waals surface area contributed by atoms with E-state index in [0.29, 0.717) is 24.0 Å². The summed E-state index contributed by atoms with van der Waals surface area (Å²) < 4.78 is 26.7. The molecule has 4 amide bonds. The Morgan fingerprint density at radius 2 is 1.69 bits per heavy atom. The van der Waals surface area contributed by atoms with E-state index in [9.17, 15) is 22.8 Å². The molecule has 3 rings (SSSR count). The highest BCUT2D eigenvalue weighted by atomic mass is 32.2. The van der Waals surface area contributed by atoms with Crippen LogP contribution in [0.25, 0.3) is 0 Å². The second-order valence-corrected chi connectivity index (χ2v) is 12.4. The minimum absolute atomic E-state index is 0.0784. The number of hydrogen-bond donors (Lipinski definition) is 4. The number of nitrogens with one attached hydrogen (secondary N) is 4. The standard InChI is InChI=1S/C25H33N7O5S2/c1-16(2)31-12-9-19-20(15-31)38-24(21(19)23(34)29-25(35)30(3)4)28-22(33)17-5-7-18(8-6-17)39(36,37)32(13-10-26)14-11-27/h5-8,10-11,16,26-27H,9,12-15H2,1-4H3,(H,28,33)(H,29,34,35). The van der Waals surface area contributed by atoms with Crippen LogP contribution in [0.15, 0.2) is 29.2 Å². The predicted molar refractivity (Wildman–Crippen MR) is 151 cm³/mol. The van der Waals surface area contributed by atoms with Crippen molar-refractivity contribution in [2.24, 2.45) is 0 Å². The second-order valence-electron chi connectivity index (χ2n) is 9.38. The number of benzene rings is 1. The average molecular weight is 576 g/mol. The molecule has 0 radical (unpaired) electrons. The maximum Gasteiger partial charge on any atom is 0.323 e. The van der Waals surface area contributed by atoms with Crippen LogP contribution in [0, 0.1) is 10.8 Å². The number of urea groups is 1. The van der Waals surface area contributed by atoms with Gasteiger partial charge in [0.2, 0.25) is 10.0 Å². The molecule has 0 bridgehead atoms. The molecule has 1 aliphatic heterocycles. The lowest BCUT2D eigenvalue weighted by Gasteiger charge is -2.30. The normalized spacial score (nSPS) is 13.6. The fourth-order valence-electron chi connectivity index (χ4n) is 4.04. The summed E-state index contributed by atoms with van der Waals surface area (Å²) in [6, 6.07) is 5.02. The maximum absolute atomic E-state index is 13.2. The van der Waals surface area contributed by atoms with Gasteiger partial charge in [0.25, 0.3) is 11.8 Å². The number of sulfonamides is 1. The SMILES string of the molecule is CC(C)N1CCc2c(sc(NC(=O)c3ccc(S(=O)(=O)N(CC=N)CC=N)cc3)c2C(=O)NC(=O)N(C)C)C1. The highest BCUT2D eigenvalue weighted by Crippen LogP contribution is 2.38. The van der Waals surface area contributed by atoms with Crippen molar-refractivity contribution in [3.8, 4) is 0 Å². The topological polar surface area (TPSA) is 167 Å². The Bertz CT molecular complexity index is 1360. The van der Waals surface area contributed by atoms with Gasteiger partial charge in [-0.2, -0.15) is 4.31 Å². The number of carbonyl (C=O) groups is 3. The monoisotopic (exact) mass is 575 g/mol. The van der Waals surface area contributed by atoms with Crippen molar-refractivity contribution in [1.82, 2.24) is 19.4 Å². The summed E-state index contributed by atoms with van der Waals surface area (Å²) in [6.45, 7) is 5.16. The highest BCUT2D eigenvalue weighted by molar-refractivity contribution is 7.89. The van der Waals surface area contributed by atoms with Crippen LogP contribution in [-0.2, 0) is 23.0 Å². The van der Waals surface area contributed by atoms with Gasteiger partial charge in [-0.3, -0.25) is 19.8 Å². The molecule has 1 aromatic carbocycles. The van der Waals surface area contributed by atoms with Crippen molar-refractivity contribution in [2.45, 2.75) is 37.8 Å². The first-order valence-electron chi connectivity index (χ1n) is 12.2. The van der Waals surface area contributed by atoms with Gasteiger partial charge < -0.3 is 21.0 Å². The Kier molecular flexibility index (Phi) is 9.72. The smallest absolute Gasteiger partial charge is 0.323 e. The van der Waals surface area contributed by atoms with Gasteiger partial charge >= 0.3 is 6.03 Å². The molecule has 0 spiro atoms. The lowest BCUT2D eigenvalue weighted by atomic mass is 10.0. The zero-order valence-electron chi connectivity index (χ0n) is 22.3. The summed E-state index contributed by atoms with van der Waals surface area (Å²) >= 11 is 1.29. The molecule has 14 heteroatoms. The van der Waals surface area contributed by atoms with Crippen LogP contribution in [-0.4, -0.2) is 92.6 Å². The Labute approximate surface area is 232 Å². The molecular formula is C25H33N7O5S2. The van der Waals surface area contributed by atoms with Gasteiger partial charge in [-0.1, -0.05) is 0 Å². The third-order valence-corrected chi connectivity index (χ3v) is 9.22. The number of rotatable bonds is 10. The van der Waals surface area contributed by atoms with Gasteiger partial charge in [0.15, 0.2) is 0 Å². The fourth-order valence-corrected chi connectivity index (χ4v) is 6.63. The van der Waals surface area contributed by atoms with Crippen molar-refractivity contribution < 1.29 is 22.8 Å². The summed E-state index contributed by atoms with van der Waals surface area (Å²) in [6.07, 6.45) is 2.46. The van der Waals surface area contributed by atoms with E-state index < -0.39 is 27.9 Å². The van der Waals surface area contributed by atoms with Gasteiger partial charge in [0.1, 0.15) is 5.00 Å². The van der Waals surface area contributed by atoms with Crippen molar-refractivity contribution >= 4 is 56.6 Å². The molecule has 2 heterocycles. The Morgan fingerprint density at radius 3 is 2.23 bits per heavy atom. The number of hydrogen-bond acceptors (Lipinski definition) is 9. The van der Waals surface area contributed by atoms with E-state index in [0.717, 1.165) is 33.7 Å². The molecule has 0 fully saturated rings. The van der Waals surface area contributed by atoms with Crippen LogP contribution in [0.5, 0.6) is 0 Å². The Balaban J connectivity index is 1.90. The molecule has 0 atom stereocenters. The van der Waals surface area contributed by atoms with E-state index in [4.69, 9.17) is 10.8 Å². The molecule has 0 saturated heterocycles. The number of fused-ring (bicyclic) bond motifs is 1. The predicted octanol–water partition coefficient (Wildman–Crippen LogP) is 2.47.